The van der Waals surface area contributed by atoms with E-state index in [-0.39, 0.29) is 0 Å². The van der Waals surface area contributed by atoms with Gasteiger partial charge < -0.3 is 5.73 Å². The summed E-state index contributed by atoms with van der Waals surface area (Å²) in [5, 5.41) is 14.4. The highest BCUT2D eigenvalue weighted by Crippen LogP contribution is 2.15. The molecule has 2 N–H and O–H groups in total. The van der Waals surface area contributed by atoms with Gasteiger partial charge >= 0.3 is 0 Å². The zero-order valence-corrected chi connectivity index (χ0v) is 5.81. The van der Waals surface area contributed by atoms with Crippen molar-refractivity contribution < 1.29 is 0 Å². The molecule has 0 saturated carbocycles. The Morgan fingerprint density at radius 1 is 1.60 bits per heavy atom. The first-order chi connectivity index (χ1) is 4.75. The van der Waals surface area contributed by atoms with Crippen LogP contribution < -0.4 is 5.73 Å². The SMILES string of the molecule is C/N=N\c1nnn(C)c1N. The molecule has 6 heteroatoms. The van der Waals surface area contributed by atoms with Gasteiger partial charge in [-0.1, -0.05) is 5.21 Å². The smallest absolute Gasteiger partial charge is 0.239 e. The van der Waals surface area contributed by atoms with Gasteiger partial charge in [-0.3, -0.25) is 0 Å². The van der Waals surface area contributed by atoms with Crippen LogP contribution in [0.4, 0.5) is 11.6 Å². The molecule has 1 heterocycles. The molecular formula is C4H8N6. The largest absolute Gasteiger partial charge is 0.381 e. The normalized spacial score (nSPS) is 11.0. The summed E-state index contributed by atoms with van der Waals surface area (Å²) in [5.74, 6) is 0.788. The fourth-order valence-corrected chi connectivity index (χ4v) is 0.520. The van der Waals surface area contributed by atoms with Crippen LogP contribution in [0.3, 0.4) is 0 Å². The molecule has 1 aromatic rings. The Morgan fingerprint density at radius 2 is 2.30 bits per heavy atom. The number of anilines is 1. The molecule has 0 aliphatic carbocycles. The quantitative estimate of drug-likeness (QED) is 0.562. The van der Waals surface area contributed by atoms with Crippen molar-refractivity contribution in [1.29, 1.82) is 0 Å². The second kappa shape index (κ2) is 2.42. The lowest BCUT2D eigenvalue weighted by molar-refractivity contribution is 0.722. The molecule has 0 saturated heterocycles. The van der Waals surface area contributed by atoms with E-state index < -0.39 is 0 Å². The minimum Gasteiger partial charge on any atom is -0.381 e. The van der Waals surface area contributed by atoms with E-state index in [1.54, 1.807) is 14.1 Å². The fourth-order valence-electron chi connectivity index (χ4n) is 0.520. The number of hydrogen-bond donors (Lipinski definition) is 1. The fraction of sp³-hybridized carbons (Fsp3) is 0.500. The summed E-state index contributed by atoms with van der Waals surface area (Å²) in [7, 11) is 3.24. The van der Waals surface area contributed by atoms with Crippen LogP contribution >= 0.6 is 0 Å². The molecule has 54 valence electrons. The van der Waals surface area contributed by atoms with Crippen molar-refractivity contribution in [2.24, 2.45) is 17.3 Å². The summed E-state index contributed by atoms with van der Waals surface area (Å²) in [6.07, 6.45) is 0. The van der Waals surface area contributed by atoms with E-state index in [1.807, 2.05) is 0 Å². The van der Waals surface area contributed by atoms with Crippen LogP contribution in [0.2, 0.25) is 0 Å². The first-order valence-corrected chi connectivity index (χ1v) is 2.70. The summed E-state index contributed by atoms with van der Waals surface area (Å²) >= 11 is 0. The summed E-state index contributed by atoms with van der Waals surface area (Å²) < 4.78 is 1.43. The number of nitrogens with zero attached hydrogens (tertiary/aromatic N) is 5. The third-order valence-corrected chi connectivity index (χ3v) is 1.05. The van der Waals surface area contributed by atoms with Gasteiger partial charge in [0.2, 0.25) is 5.82 Å². The highest BCUT2D eigenvalue weighted by Gasteiger charge is 2.03. The Balaban J connectivity index is 3.05. The summed E-state index contributed by atoms with van der Waals surface area (Å²) in [6, 6.07) is 0. The second-order valence-electron chi connectivity index (χ2n) is 1.72. The lowest BCUT2D eigenvalue weighted by Crippen LogP contribution is -1.96. The number of nitrogens with two attached hydrogens (primary N) is 1. The zero-order valence-electron chi connectivity index (χ0n) is 5.81. The molecule has 0 unspecified atom stereocenters. The van der Waals surface area contributed by atoms with Crippen LogP contribution in [-0.2, 0) is 7.05 Å². The average Bonchev–Trinajstić information content (AvgIpc) is 2.20. The first kappa shape index (κ1) is 6.66. The topological polar surface area (TPSA) is 81.5 Å². The van der Waals surface area contributed by atoms with Crippen molar-refractivity contribution in [3.8, 4) is 0 Å². The van der Waals surface area contributed by atoms with E-state index in [4.69, 9.17) is 5.73 Å². The number of rotatable bonds is 1. The number of hydrogen-bond acceptors (Lipinski definition) is 5. The molecule has 1 aromatic heterocycles. The lowest BCUT2D eigenvalue weighted by Gasteiger charge is -1.88. The van der Waals surface area contributed by atoms with E-state index in [0.29, 0.717) is 11.6 Å². The van der Waals surface area contributed by atoms with Gasteiger partial charge in [0.15, 0.2) is 5.82 Å². The Morgan fingerprint density at radius 3 is 2.70 bits per heavy atom. The van der Waals surface area contributed by atoms with Crippen molar-refractivity contribution >= 4 is 11.6 Å². The van der Waals surface area contributed by atoms with Crippen LogP contribution in [0, 0.1) is 0 Å². The average molecular weight is 140 g/mol. The third-order valence-electron chi connectivity index (χ3n) is 1.05. The van der Waals surface area contributed by atoms with E-state index in [2.05, 4.69) is 20.5 Å². The van der Waals surface area contributed by atoms with Crippen molar-refractivity contribution in [1.82, 2.24) is 15.0 Å². The molecule has 0 aliphatic heterocycles. The highest BCUT2D eigenvalue weighted by molar-refractivity contribution is 5.49. The molecule has 6 nitrogen and oxygen atoms in total. The van der Waals surface area contributed by atoms with Gasteiger partial charge in [-0.25, -0.2) is 4.68 Å². The van der Waals surface area contributed by atoms with Crippen molar-refractivity contribution in [2.75, 3.05) is 12.8 Å². The summed E-state index contributed by atoms with van der Waals surface area (Å²) in [5.41, 5.74) is 5.47. The Kier molecular flexibility index (Phi) is 1.61. The van der Waals surface area contributed by atoms with Crippen molar-refractivity contribution in [3.05, 3.63) is 0 Å². The van der Waals surface area contributed by atoms with Crippen LogP contribution in [0.15, 0.2) is 10.2 Å². The van der Waals surface area contributed by atoms with Crippen LogP contribution in [0.25, 0.3) is 0 Å². The van der Waals surface area contributed by atoms with Gasteiger partial charge in [0, 0.05) is 14.1 Å². The van der Waals surface area contributed by atoms with Gasteiger partial charge in [-0.15, -0.1) is 10.2 Å². The maximum Gasteiger partial charge on any atom is 0.239 e. The summed E-state index contributed by atoms with van der Waals surface area (Å²) in [4.78, 5) is 0. The third kappa shape index (κ3) is 0.949. The molecule has 0 spiro atoms. The maximum absolute atomic E-state index is 5.47. The van der Waals surface area contributed by atoms with E-state index in [0.717, 1.165) is 0 Å². The van der Waals surface area contributed by atoms with Gasteiger partial charge in [-0.05, 0) is 0 Å². The Hall–Kier alpha value is -1.46. The van der Waals surface area contributed by atoms with E-state index in [9.17, 15) is 0 Å². The van der Waals surface area contributed by atoms with Gasteiger partial charge in [0.1, 0.15) is 0 Å². The molecule has 0 aliphatic rings. The second-order valence-corrected chi connectivity index (χ2v) is 1.72. The molecule has 10 heavy (non-hydrogen) atoms. The lowest BCUT2D eigenvalue weighted by atomic mass is 10.7. The number of aromatic nitrogens is 3. The molecular weight excluding hydrogens is 132 g/mol. The van der Waals surface area contributed by atoms with Crippen molar-refractivity contribution in [2.45, 2.75) is 0 Å². The Labute approximate surface area is 57.7 Å². The monoisotopic (exact) mass is 140 g/mol. The molecule has 0 radical (unpaired) electrons. The van der Waals surface area contributed by atoms with Crippen LogP contribution in [0.1, 0.15) is 0 Å². The van der Waals surface area contributed by atoms with E-state index in [1.165, 1.54) is 4.68 Å². The van der Waals surface area contributed by atoms with Gasteiger partial charge in [0.05, 0.1) is 0 Å². The number of aryl methyl sites for hydroxylation is 1. The van der Waals surface area contributed by atoms with Crippen LogP contribution in [0.5, 0.6) is 0 Å². The minimum atomic E-state index is 0.366. The van der Waals surface area contributed by atoms with Crippen LogP contribution in [-0.4, -0.2) is 22.0 Å². The number of azo groups is 1. The molecule has 0 bridgehead atoms. The standard InChI is InChI=1S/C4H8N6/c1-6-7-4-3(5)10(2)9-8-4/h5H2,1-2H3/b7-6-. The van der Waals surface area contributed by atoms with Gasteiger partial charge in [-0.2, -0.15) is 5.11 Å². The van der Waals surface area contributed by atoms with E-state index >= 15 is 0 Å². The molecule has 0 atom stereocenters. The summed E-state index contributed by atoms with van der Waals surface area (Å²) in [6.45, 7) is 0. The Bertz CT molecular complexity index is 248. The molecule has 0 fully saturated rings. The predicted octanol–water partition coefficient (Wildman–Crippen LogP) is 0.111. The highest BCUT2D eigenvalue weighted by atomic mass is 15.5. The first-order valence-electron chi connectivity index (χ1n) is 2.70. The van der Waals surface area contributed by atoms with Crippen molar-refractivity contribution in [3.63, 3.8) is 0 Å². The molecule has 0 amide bonds. The number of nitrogen functional groups attached to an aromatic ring is 1. The molecule has 0 aromatic carbocycles. The molecule has 1 rings (SSSR count). The maximum atomic E-state index is 5.47. The predicted molar refractivity (Wildman–Crippen MR) is 35.9 cm³/mol. The van der Waals surface area contributed by atoms with Gasteiger partial charge in [0.25, 0.3) is 0 Å². The minimum absolute atomic E-state index is 0.366. The zero-order chi connectivity index (χ0) is 7.56.